The lowest BCUT2D eigenvalue weighted by Crippen LogP contribution is -2.41. The van der Waals surface area contributed by atoms with Crippen LogP contribution in [0, 0.1) is 0 Å². The molecule has 102 valence electrons. The van der Waals surface area contributed by atoms with Crippen LogP contribution in [-0.4, -0.2) is 25.3 Å². The molecule has 2 unspecified atom stereocenters. The van der Waals surface area contributed by atoms with E-state index in [9.17, 15) is 4.79 Å². The van der Waals surface area contributed by atoms with Crippen LogP contribution in [0.25, 0.3) is 0 Å². The first kappa shape index (κ1) is 12.3. The zero-order chi connectivity index (χ0) is 13.2. The van der Waals surface area contributed by atoms with Crippen molar-refractivity contribution in [2.45, 2.75) is 31.8 Å². The van der Waals surface area contributed by atoms with Gasteiger partial charge < -0.3 is 20.1 Å². The van der Waals surface area contributed by atoms with Crippen molar-refractivity contribution in [3.63, 3.8) is 0 Å². The molecule has 0 saturated carbocycles. The van der Waals surface area contributed by atoms with E-state index in [1.807, 2.05) is 25.1 Å². The van der Waals surface area contributed by atoms with Crippen molar-refractivity contribution in [3.8, 4) is 11.5 Å². The van der Waals surface area contributed by atoms with E-state index >= 15 is 0 Å². The van der Waals surface area contributed by atoms with Gasteiger partial charge in [-0.05, 0) is 44.0 Å². The maximum atomic E-state index is 12.0. The minimum absolute atomic E-state index is 0.0376. The van der Waals surface area contributed by atoms with Crippen LogP contribution in [0.3, 0.4) is 0 Å². The minimum atomic E-state index is -0.0449. The maximum absolute atomic E-state index is 12.0. The smallest absolute Gasteiger partial charge is 0.237 e. The van der Waals surface area contributed by atoms with Crippen LogP contribution >= 0.6 is 0 Å². The molecule has 2 aliphatic heterocycles. The van der Waals surface area contributed by atoms with Gasteiger partial charge in [0.1, 0.15) is 0 Å². The molecule has 2 atom stereocenters. The summed E-state index contributed by atoms with van der Waals surface area (Å²) in [5, 5.41) is 6.23. The summed E-state index contributed by atoms with van der Waals surface area (Å²) in [6.45, 7) is 3.17. The first-order valence-electron chi connectivity index (χ1n) is 6.67. The molecule has 19 heavy (non-hydrogen) atoms. The highest BCUT2D eigenvalue weighted by Gasteiger charge is 2.24. The third kappa shape index (κ3) is 2.51. The summed E-state index contributed by atoms with van der Waals surface area (Å²) >= 11 is 0. The lowest BCUT2D eigenvalue weighted by Gasteiger charge is -2.17. The van der Waals surface area contributed by atoms with E-state index in [1.165, 1.54) is 0 Å². The maximum Gasteiger partial charge on any atom is 0.237 e. The molecule has 5 heteroatoms. The third-order valence-corrected chi connectivity index (χ3v) is 3.63. The van der Waals surface area contributed by atoms with Crippen molar-refractivity contribution in [2.75, 3.05) is 13.3 Å². The van der Waals surface area contributed by atoms with E-state index in [0.29, 0.717) is 0 Å². The van der Waals surface area contributed by atoms with Crippen LogP contribution in [-0.2, 0) is 4.79 Å². The zero-order valence-electron chi connectivity index (χ0n) is 10.9. The lowest BCUT2D eigenvalue weighted by atomic mass is 10.1. The Morgan fingerprint density at radius 1 is 1.42 bits per heavy atom. The van der Waals surface area contributed by atoms with Crippen LogP contribution in [0.15, 0.2) is 18.2 Å². The lowest BCUT2D eigenvalue weighted by molar-refractivity contribution is -0.123. The predicted molar refractivity (Wildman–Crippen MR) is 70.1 cm³/mol. The van der Waals surface area contributed by atoms with Crippen LogP contribution in [0.1, 0.15) is 31.4 Å². The SMILES string of the molecule is CC(NC(=O)C1CCCN1)c1ccc2c(c1)OCO2. The van der Waals surface area contributed by atoms with Crippen LogP contribution in [0.2, 0.25) is 0 Å². The van der Waals surface area contributed by atoms with Gasteiger partial charge in [-0.3, -0.25) is 4.79 Å². The van der Waals surface area contributed by atoms with E-state index in [-0.39, 0.29) is 24.8 Å². The standard InChI is InChI=1S/C14H18N2O3/c1-9(16-14(17)11-3-2-6-15-11)10-4-5-12-13(7-10)19-8-18-12/h4-5,7,9,11,15H,2-3,6,8H2,1H3,(H,16,17). The van der Waals surface area contributed by atoms with E-state index < -0.39 is 0 Å². The monoisotopic (exact) mass is 262 g/mol. The fourth-order valence-electron chi connectivity index (χ4n) is 2.49. The number of fused-ring (bicyclic) bond motifs is 1. The molecule has 0 aromatic heterocycles. The molecule has 1 amide bonds. The Morgan fingerprint density at radius 2 is 2.26 bits per heavy atom. The number of hydrogen-bond acceptors (Lipinski definition) is 4. The van der Waals surface area contributed by atoms with Gasteiger partial charge in [-0.1, -0.05) is 6.07 Å². The van der Waals surface area contributed by atoms with Gasteiger partial charge in [0.2, 0.25) is 12.7 Å². The largest absolute Gasteiger partial charge is 0.454 e. The number of carbonyl (C=O) groups is 1. The fraction of sp³-hybridized carbons (Fsp3) is 0.500. The Hall–Kier alpha value is -1.75. The molecule has 0 radical (unpaired) electrons. The summed E-state index contributed by atoms with van der Waals surface area (Å²) in [6.07, 6.45) is 1.98. The van der Waals surface area contributed by atoms with Crippen molar-refractivity contribution < 1.29 is 14.3 Å². The Balaban J connectivity index is 1.66. The number of amides is 1. The van der Waals surface area contributed by atoms with Gasteiger partial charge >= 0.3 is 0 Å². The fourth-order valence-corrected chi connectivity index (χ4v) is 2.49. The Labute approximate surface area is 112 Å². The van der Waals surface area contributed by atoms with Crippen molar-refractivity contribution in [2.24, 2.45) is 0 Å². The highest BCUT2D eigenvalue weighted by Crippen LogP contribution is 2.34. The van der Waals surface area contributed by atoms with Gasteiger partial charge in [-0.15, -0.1) is 0 Å². The van der Waals surface area contributed by atoms with Gasteiger partial charge in [0.05, 0.1) is 12.1 Å². The molecule has 1 aromatic rings. The van der Waals surface area contributed by atoms with Gasteiger partial charge in [-0.25, -0.2) is 0 Å². The molecule has 0 aliphatic carbocycles. The Bertz CT molecular complexity index is 484. The van der Waals surface area contributed by atoms with Crippen molar-refractivity contribution in [1.29, 1.82) is 0 Å². The molecule has 0 spiro atoms. The number of ether oxygens (including phenoxy) is 2. The quantitative estimate of drug-likeness (QED) is 0.863. The number of nitrogens with one attached hydrogen (secondary N) is 2. The summed E-state index contributed by atoms with van der Waals surface area (Å²) < 4.78 is 10.6. The summed E-state index contributed by atoms with van der Waals surface area (Å²) in [6, 6.07) is 5.69. The second-order valence-electron chi connectivity index (χ2n) is 4.99. The molecule has 5 nitrogen and oxygen atoms in total. The predicted octanol–water partition coefficient (Wildman–Crippen LogP) is 1.34. The second-order valence-corrected chi connectivity index (χ2v) is 4.99. The van der Waals surface area contributed by atoms with Crippen molar-refractivity contribution >= 4 is 5.91 Å². The molecule has 2 aliphatic rings. The first-order chi connectivity index (χ1) is 9.24. The zero-order valence-corrected chi connectivity index (χ0v) is 10.9. The molecule has 1 saturated heterocycles. The summed E-state index contributed by atoms with van der Waals surface area (Å²) in [5.74, 6) is 1.58. The summed E-state index contributed by atoms with van der Waals surface area (Å²) in [4.78, 5) is 12.0. The average molecular weight is 262 g/mol. The highest BCUT2D eigenvalue weighted by molar-refractivity contribution is 5.82. The van der Waals surface area contributed by atoms with Crippen LogP contribution < -0.4 is 20.1 Å². The molecule has 2 N–H and O–H groups in total. The second kappa shape index (κ2) is 5.09. The van der Waals surface area contributed by atoms with Gasteiger partial charge in [-0.2, -0.15) is 0 Å². The van der Waals surface area contributed by atoms with Crippen LogP contribution in [0.5, 0.6) is 11.5 Å². The van der Waals surface area contributed by atoms with Crippen LogP contribution in [0.4, 0.5) is 0 Å². The van der Waals surface area contributed by atoms with E-state index in [2.05, 4.69) is 10.6 Å². The molecular formula is C14H18N2O3. The number of rotatable bonds is 3. The normalized spacial score (nSPS) is 22.3. The Morgan fingerprint density at radius 3 is 3.05 bits per heavy atom. The van der Waals surface area contributed by atoms with Crippen molar-refractivity contribution in [1.82, 2.24) is 10.6 Å². The molecule has 2 heterocycles. The molecule has 3 rings (SSSR count). The number of carbonyl (C=O) groups excluding carboxylic acids is 1. The van der Waals surface area contributed by atoms with Gasteiger partial charge in [0.15, 0.2) is 11.5 Å². The average Bonchev–Trinajstić information content (AvgIpc) is 3.09. The number of hydrogen-bond donors (Lipinski definition) is 2. The van der Waals surface area contributed by atoms with E-state index in [0.717, 1.165) is 36.4 Å². The molecule has 1 aromatic carbocycles. The van der Waals surface area contributed by atoms with E-state index in [1.54, 1.807) is 0 Å². The minimum Gasteiger partial charge on any atom is -0.454 e. The molecule has 1 fully saturated rings. The topological polar surface area (TPSA) is 59.6 Å². The summed E-state index contributed by atoms with van der Waals surface area (Å²) in [5.41, 5.74) is 1.02. The Kier molecular flexibility index (Phi) is 3.29. The van der Waals surface area contributed by atoms with Crippen molar-refractivity contribution in [3.05, 3.63) is 23.8 Å². The third-order valence-electron chi connectivity index (χ3n) is 3.63. The summed E-state index contributed by atoms with van der Waals surface area (Å²) in [7, 11) is 0. The molecular weight excluding hydrogens is 244 g/mol. The van der Waals surface area contributed by atoms with Gasteiger partial charge in [0, 0.05) is 0 Å². The van der Waals surface area contributed by atoms with E-state index in [4.69, 9.17) is 9.47 Å². The van der Waals surface area contributed by atoms with Gasteiger partial charge in [0.25, 0.3) is 0 Å². The first-order valence-corrected chi connectivity index (χ1v) is 6.67. The number of benzene rings is 1. The highest BCUT2D eigenvalue weighted by atomic mass is 16.7. The molecule has 0 bridgehead atoms.